The molecule has 1 aromatic carbocycles. The second kappa shape index (κ2) is 8.24. The van der Waals surface area contributed by atoms with Crippen LogP contribution in [0.3, 0.4) is 0 Å². The summed E-state index contributed by atoms with van der Waals surface area (Å²) in [5.74, 6) is -0.988. The summed E-state index contributed by atoms with van der Waals surface area (Å²) in [6, 6.07) is 3.68. The van der Waals surface area contributed by atoms with E-state index in [2.05, 4.69) is 0 Å². The van der Waals surface area contributed by atoms with E-state index >= 15 is 0 Å². The van der Waals surface area contributed by atoms with Crippen molar-refractivity contribution in [1.82, 2.24) is 4.31 Å². The predicted octanol–water partition coefficient (Wildman–Crippen LogP) is 2.94. The zero-order valence-electron chi connectivity index (χ0n) is 13.4. The van der Waals surface area contributed by atoms with Gasteiger partial charge in [-0.1, -0.05) is 18.0 Å². The van der Waals surface area contributed by atoms with E-state index in [1.165, 1.54) is 0 Å². The molecule has 2 unspecified atom stereocenters. The Morgan fingerprint density at radius 1 is 1.39 bits per heavy atom. The van der Waals surface area contributed by atoms with E-state index < -0.39 is 17.0 Å². The van der Waals surface area contributed by atoms with Crippen LogP contribution in [0.2, 0.25) is 5.02 Å². The van der Waals surface area contributed by atoms with E-state index in [0.29, 0.717) is 5.02 Å². The molecule has 1 fully saturated rings. The molecule has 23 heavy (non-hydrogen) atoms. The molecule has 0 aromatic heterocycles. The molecule has 1 heterocycles. The summed E-state index contributed by atoms with van der Waals surface area (Å²) in [5, 5.41) is 9.35. The zero-order valence-corrected chi connectivity index (χ0v) is 15.0. The Kier molecular flexibility index (Phi) is 6.59. The van der Waals surface area contributed by atoms with Crippen molar-refractivity contribution in [2.45, 2.75) is 44.0 Å². The van der Waals surface area contributed by atoms with E-state index in [0.717, 1.165) is 41.8 Å². The third-order valence-electron chi connectivity index (χ3n) is 3.97. The van der Waals surface area contributed by atoms with Gasteiger partial charge in [0.05, 0.1) is 11.5 Å². The lowest BCUT2D eigenvalue weighted by molar-refractivity contribution is -0.142. The summed E-state index contributed by atoms with van der Waals surface area (Å²) in [5.41, 5.74) is 1.80. The number of hydrogen-bond donors (Lipinski definition) is 1. The molecular formula is C16H22ClNO4S. The summed E-state index contributed by atoms with van der Waals surface area (Å²) in [6.45, 7) is 4.47. The van der Waals surface area contributed by atoms with E-state index in [9.17, 15) is 9.00 Å². The number of hydrogen-bond acceptors (Lipinski definition) is 3. The second-order valence-electron chi connectivity index (χ2n) is 5.82. The molecule has 0 amide bonds. The van der Waals surface area contributed by atoms with Gasteiger partial charge in [0.2, 0.25) is 0 Å². The first-order chi connectivity index (χ1) is 10.9. The lowest BCUT2D eigenvalue weighted by Gasteiger charge is -2.34. The van der Waals surface area contributed by atoms with Crippen LogP contribution in [0.5, 0.6) is 0 Å². The largest absolute Gasteiger partial charge is 0.480 e. The summed E-state index contributed by atoms with van der Waals surface area (Å²) < 4.78 is 20.2. The molecule has 0 radical (unpaired) electrons. The van der Waals surface area contributed by atoms with Gasteiger partial charge < -0.3 is 9.84 Å². The fraction of sp³-hybridized carbons (Fsp3) is 0.562. The van der Waals surface area contributed by atoms with Crippen LogP contribution in [0.25, 0.3) is 0 Å². The third kappa shape index (κ3) is 4.76. The van der Waals surface area contributed by atoms with Crippen LogP contribution in [0.1, 0.15) is 30.4 Å². The molecule has 0 bridgehead atoms. The Balaban J connectivity index is 2.14. The Bertz CT molecular complexity index is 608. The van der Waals surface area contributed by atoms with Crippen molar-refractivity contribution in [3.8, 4) is 0 Å². The van der Waals surface area contributed by atoms with Gasteiger partial charge in [-0.05, 0) is 49.9 Å². The molecule has 5 nitrogen and oxygen atoms in total. The molecule has 1 aliphatic rings. The summed E-state index contributed by atoms with van der Waals surface area (Å²) in [4.78, 5) is 11.3. The number of aryl methyl sites for hydroxylation is 2. The molecule has 2 atom stereocenters. The number of ether oxygens (including phenoxy) is 1. The number of carbonyl (C=O) groups is 1. The van der Waals surface area contributed by atoms with Crippen LogP contribution in [0.4, 0.5) is 0 Å². The minimum absolute atomic E-state index is 0.0284. The van der Waals surface area contributed by atoms with Gasteiger partial charge in [0.15, 0.2) is 0 Å². The zero-order chi connectivity index (χ0) is 17.0. The number of nitrogens with zero attached hydrogens (tertiary/aromatic N) is 1. The minimum atomic E-state index is -1.30. The average Bonchev–Trinajstić information content (AvgIpc) is 2.50. The van der Waals surface area contributed by atoms with Crippen molar-refractivity contribution < 1.29 is 18.8 Å². The number of halogens is 1. The maximum Gasteiger partial charge on any atom is 0.329 e. The number of piperidine rings is 1. The van der Waals surface area contributed by atoms with Crippen molar-refractivity contribution in [1.29, 1.82) is 0 Å². The highest BCUT2D eigenvalue weighted by atomic mass is 35.5. The van der Waals surface area contributed by atoms with Gasteiger partial charge in [-0.25, -0.2) is 13.3 Å². The molecule has 2 rings (SSSR count). The van der Waals surface area contributed by atoms with Crippen LogP contribution >= 0.6 is 11.6 Å². The third-order valence-corrected chi connectivity index (χ3v) is 6.10. The first-order valence-electron chi connectivity index (χ1n) is 7.65. The SMILES string of the molecule is Cc1cc(S(=O)N2CCCCC2COCC(=O)O)c(C)cc1Cl. The first-order valence-corrected chi connectivity index (χ1v) is 9.13. The van der Waals surface area contributed by atoms with Gasteiger partial charge in [-0.2, -0.15) is 0 Å². The molecule has 128 valence electrons. The lowest BCUT2D eigenvalue weighted by Crippen LogP contribution is -2.43. The highest BCUT2D eigenvalue weighted by Crippen LogP contribution is 2.28. The smallest absolute Gasteiger partial charge is 0.329 e. The van der Waals surface area contributed by atoms with Crippen molar-refractivity contribution in [2.75, 3.05) is 19.8 Å². The Hall–Kier alpha value is -0.950. The number of aliphatic carboxylic acids is 1. The lowest BCUT2D eigenvalue weighted by atomic mass is 10.1. The quantitative estimate of drug-likeness (QED) is 0.848. The fourth-order valence-corrected chi connectivity index (χ4v) is 4.52. The normalized spacial score (nSPS) is 20.4. The standard InChI is InChI=1S/C16H22ClNO4S/c1-11-8-15(12(2)7-14(11)17)23(21)18-6-4-3-5-13(18)9-22-10-16(19)20/h7-8,13H,3-6,9-10H2,1-2H3,(H,19,20). The first kappa shape index (κ1) is 18.4. The second-order valence-corrected chi connectivity index (χ2v) is 7.63. The number of carboxylic acid groups (broad SMARTS) is 1. The molecule has 0 aliphatic carbocycles. The number of benzene rings is 1. The maximum atomic E-state index is 13.0. The van der Waals surface area contributed by atoms with Gasteiger partial charge in [0.25, 0.3) is 0 Å². The fourth-order valence-electron chi connectivity index (χ4n) is 2.71. The van der Waals surface area contributed by atoms with E-state index in [-0.39, 0.29) is 19.3 Å². The highest BCUT2D eigenvalue weighted by molar-refractivity contribution is 7.82. The molecule has 0 spiro atoms. The number of carboxylic acids is 1. The van der Waals surface area contributed by atoms with Crippen molar-refractivity contribution in [3.63, 3.8) is 0 Å². The van der Waals surface area contributed by atoms with Crippen molar-refractivity contribution in [3.05, 3.63) is 28.3 Å². The molecule has 0 saturated carbocycles. The molecule has 1 saturated heterocycles. The monoisotopic (exact) mass is 359 g/mol. The molecule has 1 aliphatic heterocycles. The Morgan fingerprint density at radius 3 is 2.83 bits per heavy atom. The van der Waals surface area contributed by atoms with Gasteiger partial charge in [0.1, 0.15) is 17.6 Å². The van der Waals surface area contributed by atoms with Crippen molar-refractivity contribution in [2.24, 2.45) is 0 Å². The van der Waals surface area contributed by atoms with E-state index in [1.807, 2.05) is 30.3 Å². The van der Waals surface area contributed by atoms with Gasteiger partial charge in [-0.3, -0.25) is 0 Å². The van der Waals surface area contributed by atoms with Gasteiger partial charge in [0, 0.05) is 17.6 Å². The highest BCUT2D eigenvalue weighted by Gasteiger charge is 2.29. The molecule has 7 heteroatoms. The van der Waals surface area contributed by atoms with Crippen LogP contribution in [-0.4, -0.2) is 45.4 Å². The van der Waals surface area contributed by atoms with Crippen molar-refractivity contribution >= 4 is 28.6 Å². The van der Waals surface area contributed by atoms with Crippen LogP contribution < -0.4 is 0 Å². The van der Waals surface area contributed by atoms with Crippen LogP contribution in [0.15, 0.2) is 17.0 Å². The van der Waals surface area contributed by atoms with E-state index in [4.69, 9.17) is 21.4 Å². The van der Waals surface area contributed by atoms with Crippen LogP contribution in [0, 0.1) is 13.8 Å². The van der Waals surface area contributed by atoms with Gasteiger partial charge in [-0.15, -0.1) is 0 Å². The molecule has 1 aromatic rings. The average molecular weight is 360 g/mol. The summed E-state index contributed by atoms with van der Waals surface area (Å²) >= 11 is 6.12. The summed E-state index contributed by atoms with van der Waals surface area (Å²) in [6.07, 6.45) is 2.87. The maximum absolute atomic E-state index is 13.0. The Labute approximate surface area is 144 Å². The van der Waals surface area contributed by atoms with Crippen LogP contribution in [-0.2, 0) is 20.5 Å². The Morgan fingerprint density at radius 2 is 2.13 bits per heavy atom. The molecular weight excluding hydrogens is 338 g/mol. The topological polar surface area (TPSA) is 66.8 Å². The molecule has 1 N–H and O–H groups in total. The predicted molar refractivity (Wildman–Crippen MR) is 90.1 cm³/mol. The minimum Gasteiger partial charge on any atom is -0.480 e. The van der Waals surface area contributed by atoms with E-state index in [1.54, 1.807) is 0 Å². The summed E-state index contributed by atoms with van der Waals surface area (Å²) in [7, 11) is -1.30. The van der Waals surface area contributed by atoms with Gasteiger partial charge >= 0.3 is 5.97 Å². The number of rotatable bonds is 6.